The van der Waals surface area contributed by atoms with Crippen molar-refractivity contribution in [1.82, 2.24) is 9.38 Å². The van der Waals surface area contributed by atoms with Gasteiger partial charge in [-0.05, 0) is 48.3 Å². The minimum absolute atomic E-state index is 0.0311. The van der Waals surface area contributed by atoms with E-state index in [9.17, 15) is 4.79 Å². The highest BCUT2D eigenvalue weighted by Crippen LogP contribution is 2.33. The lowest BCUT2D eigenvalue weighted by atomic mass is 10.1. The molecule has 0 N–H and O–H groups in total. The molecule has 2 heterocycles. The zero-order valence-electron chi connectivity index (χ0n) is 13.1. The van der Waals surface area contributed by atoms with Crippen molar-refractivity contribution in [2.45, 2.75) is 12.8 Å². The standard InChI is InChI=1S/C19H15ClN2O2/c1-24-16-7-4-10-22-18(16)21-17-13(8-9-14(17)19(22)23)11-12-5-2-3-6-15(12)20/h2-7,10-11H,8-9H2,1H3/b13-11-. The monoisotopic (exact) mass is 338 g/mol. The number of hydrogen-bond acceptors (Lipinski definition) is 3. The van der Waals surface area contributed by atoms with Gasteiger partial charge in [-0.3, -0.25) is 9.20 Å². The molecule has 0 fully saturated rings. The number of nitrogens with zero attached hydrogens (tertiary/aromatic N) is 2. The second-order valence-corrected chi connectivity index (χ2v) is 6.11. The third-order valence-electron chi connectivity index (χ3n) is 4.32. The van der Waals surface area contributed by atoms with E-state index in [1.807, 2.05) is 30.3 Å². The summed E-state index contributed by atoms with van der Waals surface area (Å²) in [5.41, 5.74) is 3.98. The van der Waals surface area contributed by atoms with Crippen LogP contribution in [0.25, 0.3) is 17.3 Å². The number of methoxy groups -OCH3 is 1. The van der Waals surface area contributed by atoms with Crippen LogP contribution in [0.3, 0.4) is 0 Å². The molecule has 0 saturated heterocycles. The van der Waals surface area contributed by atoms with Crippen molar-refractivity contribution in [3.05, 3.63) is 74.8 Å². The molecule has 0 aliphatic heterocycles. The number of halogens is 1. The minimum atomic E-state index is -0.0311. The molecule has 0 unspecified atom stereocenters. The van der Waals surface area contributed by atoms with Crippen molar-refractivity contribution < 1.29 is 4.74 Å². The third kappa shape index (κ3) is 2.31. The maximum Gasteiger partial charge on any atom is 0.261 e. The number of rotatable bonds is 2. The van der Waals surface area contributed by atoms with Crippen molar-refractivity contribution in [2.24, 2.45) is 0 Å². The average molecular weight is 339 g/mol. The van der Waals surface area contributed by atoms with Gasteiger partial charge in [0.05, 0.1) is 12.8 Å². The van der Waals surface area contributed by atoms with Gasteiger partial charge in [-0.1, -0.05) is 29.8 Å². The Hall–Kier alpha value is -2.59. The predicted molar refractivity (Wildman–Crippen MR) is 95.7 cm³/mol. The lowest BCUT2D eigenvalue weighted by Gasteiger charge is -2.08. The minimum Gasteiger partial charge on any atom is -0.493 e. The molecule has 3 aromatic rings. The number of ether oxygens (including phenoxy) is 1. The first-order valence-electron chi connectivity index (χ1n) is 7.73. The van der Waals surface area contributed by atoms with E-state index in [2.05, 4.69) is 0 Å². The van der Waals surface area contributed by atoms with Gasteiger partial charge in [-0.15, -0.1) is 0 Å². The number of aromatic nitrogens is 2. The summed E-state index contributed by atoms with van der Waals surface area (Å²) < 4.78 is 6.90. The van der Waals surface area contributed by atoms with E-state index in [0.717, 1.165) is 28.8 Å². The first kappa shape index (κ1) is 15.0. The van der Waals surface area contributed by atoms with Gasteiger partial charge in [0.25, 0.3) is 5.56 Å². The summed E-state index contributed by atoms with van der Waals surface area (Å²) in [6.07, 6.45) is 5.22. The Morgan fingerprint density at radius 2 is 2.04 bits per heavy atom. The molecule has 120 valence electrons. The number of hydrogen-bond donors (Lipinski definition) is 0. The summed E-state index contributed by atoms with van der Waals surface area (Å²) >= 11 is 6.25. The van der Waals surface area contributed by atoms with Gasteiger partial charge < -0.3 is 4.74 Å². The van der Waals surface area contributed by atoms with E-state index < -0.39 is 0 Å². The molecule has 4 rings (SSSR count). The lowest BCUT2D eigenvalue weighted by Crippen LogP contribution is -2.20. The molecule has 0 radical (unpaired) electrons. The van der Waals surface area contributed by atoms with Gasteiger partial charge in [0, 0.05) is 16.8 Å². The number of fused-ring (bicyclic) bond motifs is 2. The van der Waals surface area contributed by atoms with Crippen LogP contribution in [0.1, 0.15) is 23.2 Å². The number of pyridine rings is 1. The van der Waals surface area contributed by atoms with Gasteiger partial charge >= 0.3 is 0 Å². The Morgan fingerprint density at radius 1 is 1.21 bits per heavy atom. The van der Waals surface area contributed by atoms with E-state index in [-0.39, 0.29) is 5.56 Å². The second-order valence-electron chi connectivity index (χ2n) is 5.71. The molecule has 24 heavy (non-hydrogen) atoms. The molecular formula is C19H15ClN2O2. The number of allylic oxidation sites excluding steroid dienone is 1. The smallest absolute Gasteiger partial charge is 0.261 e. The van der Waals surface area contributed by atoms with Crippen LogP contribution in [0.15, 0.2) is 47.4 Å². The van der Waals surface area contributed by atoms with E-state index in [1.54, 1.807) is 29.8 Å². The van der Waals surface area contributed by atoms with Crippen LogP contribution in [-0.2, 0) is 6.42 Å². The maximum absolute atomic E-state index is 12.8. The van der Waals surface area contributed by atoms with E-state index in [1.165, 1.54) is 0 Å². The van der Waals surface area contributed by atoms with Crippen molar-refractivity contribution in [3.63, 3.8) is 0 Å². The molecule has 5 heteroatoms. The summed E-state index contributed by atoms with van der Waals surface area (Å²) in [7, 11) is 1.58. The summed E-state index contributed by atoms with van der Waals surface area (Å²) in [5.74, 6) is 0.585. The predicted octanol–water partition coefficient (Wildman–Crippen LogP) is 3.84. The Bertz CT molecular complexity index is 1040. The van der Waals surface area contributed by atoms with E-state index in [4.69, 9.17) is 21.3 Å². The van der Waals surface area contributed by atoms with Crippen molar-refractivity contribution in [3.8, 4) is 5.75 Å². The van der Waals surface area contributed by atoms with Gasteiger partial charge in [0.2, 0.25) is 0 Å². The lowest BCUT2D eigenvalue weighted by molar-refractivity contribution is 0.416. The fraction of sp³-hybridized carbons (Fsp3) is 0.158. The molecule has 4 nitrogen and oxygen atoms in total. The van der Waals surface area contributed by atoms with Gasteiger partial charge in [0.15, 0.2) is 11.4 Å². The zero-order chi connectivity index (χ0) is 16.7. The fourth-order valence-corrected chi connectivity index (χ4v) is 3.31. The molecule has 1 aliphatic carbocycles. The summed E-state index contributed by atoms with van der Waals surface area (Å²) in [5, 5.41) is 0.688. The molecule has 2 aromatic heterocycles. The van der Waals surface area contributed by atoms with Crippen molar-refractivity contribution in [2.75, 3.05) is 7.11 Å². The van der Waals surface area contributed by atoms with Crippen LogP contribution in [0, 0.1) is 0 Å². The van der Waals surface area contributed by atoms with Crippen LogP contribution < -0.4 is 10.3 Å². The van der Waals surface area contributed by atoms with Crippen LogP contribution in [-0.4, -0.2) is 16.5 Å². The molecule has 0 amide bonds. The van der Waals surface area contributed by atoms with Gasteiger partial charge in [0.1, 0.15) is 0 Å². The van der Waals surface area contributed by atoms with Crippen LogP contribution >= 0.6 is 11.6 Å². The second kappa shape index (κ2) is 5.80. The van der Waals surface area contributed by atoms with Crippen LogP contribution in [0.5, 0.6) is 5.75 Å². The van der Waals surface area contributed by atoms with Crippen LogP contribution in [0.4, 0.5) is 0 Å². The highest BCUT2D eigenvalue weighted by Gasteiger charge is 2.23. The van der Waals surface area contributed by atoms with Crippen molar-refractivity contribution in [1.29, 1.82) is 0 Å². The van der Waals surface area contributed by atoms with E-state index in [0.29, 0.717) is 22.8 Å². The molecule has 0 spiro atoms. The Labute approximate surface area is 144 Å². The molecular weight excluding hydrogens is 324 g/mol. The van der Waals surface area contributed by atoms with Gasteiger partial charge in [-0.25, -0.2) is 4.98 Å². The topological polar surface area (TPSA) is 43.6 Å². The SMILES string of the molecule is COc1cccn2c(=O)c3c(nc12)/C(=C\c1ccccc1Cl)CC3. The zero-order valence-corrected chi connectivity index (χ0v) is 13.9. The normalized spacial score (nSPS) is 15.0. The molecule has 1 aromatic carbocycles. The van der Waals surface area contributed by atoms with Crippen molar-refractivity contribution >= 4 is 28.9 Å². The number of benzene rings is 1. The van der Waals surface area contributed by atoms with Gasteiger partial charge in [-0.2, -0.15) is 0 Å². The Balaban J connectivity index is 1.95. The van der Waals surface area contributed by atoms with E-state index >= 15 is 0 Å². The summed E-state index contributed by atoms with van der Waals surface area (Å²) in [6.45, 7) is 0. The first-order chi connectivity index (χ1) is 11.7. The summed E-state index contributed by atoms with van der Waals surface area (Å²) in [6, 6.07) is 11.3. The molecule has 1 aliphatic rings. The average Bonchev–Trinajstić information content (AvgIpc) is 3.00. The highest BCUT2D eigenvalue weighted by atomic mass is 35.5. The quantitative estimate of drug-likeness (QED) is 0.713. The molecule has 0 saturated carbocycles. The third-order valence-corrected chi connectivity index (χ3v) is 4.66. The maximum atomic E-state index is 12.8. The molecule has 0 bridgehead atoms. The largest absolute Gasteiger partial charge is 0.493 e. The Kier molecular flexibility index (Phi) is 3.62. The Morgan fingerprint density at radius 3 is 2.83 bits per heavy atom. The fourth-order valence-electron chi connectivity index (χ4n) is 3.12. The van der Waals surface area contributed by atoms with Crippen LogP contribution in [0.2, 0.25) is 5.02 Å². The molecule has 0 atom stereocenters. The first-order valence-corrected chi connectivity index (χ1v) is 8.10. The summed E-state index contributed by atoms with van der Waals surface area (Å²) in [4.78, 5) is 17.5. The highest BCUT2D eigenvalue weighted by molar-refractivity contribution is 6.32.